The molecule has 0 bridgehead atoms. The van der Waals surface area contributed by atoms with Crippen molar-refractivity contribution in [3.63, 3.8) is 0 Å². The van der Waals surface area contributed by atoms with E-state index in [1.807, 2.05) is 6.26 Å². The zero-order valence-corrected chi connectivity index (χ0v) is 12.6. The standard InChI is InChI=1S/C14H28N2OS/c1-11(12-7-5-3-4-6-8-12)16-14(17)13(15)9-10-18-2/h11-13H,3-10,15H2,1-2H3,(H,16,17)/t11-,13+/m1/s1. The number of hydrogen-bond acceptors (Lipinski definition) is 3. The average Bonchev–Trinajstić information content (AvgIpc) is 2.64. The van der Waals surface area contributed by atoms with E-state index < -0.39 is 0 Å². The Morgan fingerprint density at radius 3 is 2.50 bits per heavy atom. The lowest BCUT2D eigenvalue weighted by atomic mass is 9.93. The summed E-state index contributed by atoms with van der Waals surface area (Å²) in [5.74, 6) is 1.62. The Morgan fingerprint density at radius 1 is 1.33 bits per heavy atom. The van der Waals surface area contributed by atoms with Gasteiger partial charge in [-0.15, -0.1) is 0 Å². The maximum Gasteiger partial charge on any atom is 0.237 e. The molecule has 1 fully saturated rings. The highest BCUT2D eigenvalue weighted by atomic mass is 32.2. The Hall–Kier alpha value is -0.220. The van der Waals surface area contributed by atoms with E-state index in [2.05, 4.69) is 12.2 Å². The molecule has 0 saturated heterocycles. The number of nitrogens with two attached hydrogens (primary N) is 1. The Balaban J connectivity index is 2.32. The van der Waals surface area contributed by atoms with E-state index in [0.29, 0.717) is 5.92 Å². The topological polar surface area (TPSA) is 55.1 Å². The van der Waals surface area contributed by atoms with Crippen LogP contribution in [0, 0.1) is 5.92 Å². The van der Waals surface area contributed by atoms with E-state index in [0.717, 1.165) is 12.2 Å². The predicted molar refractivity (Wildman–Crippen MR) is 79.8 cm³/mol. The van der Waals surface area contributed by atoms with Gasteiger partial charge >= 0.3 is 0 Å². The minimum absolute atomic E-state index is 0.0285. The first kappa shape index (κ1) is 15.8. The average molecular weight is 272 g/mol. The summed E-state index contributed by atoms with van der Waals surface area (Å²) in [6, 6.07) is -0.0680. The Kier molecular flexibility index (Phi) is 7.75. The molecule has 0 heterocycles. The van der Waals surface area contributed by atoms with Gasteiger partial charge in [-0.3, -0.25) is 4.79 Å². The van der Waals surface area contributed by atoms with E-state index >= 15 is 0 Å². The maximum absolute atomic E-state index is 11.9. The highest BCUT2D eigenvalue weighted by Crippen LogP contribution is 2.25. The SMILES string of the molecule is CSCC[C@H](N)C(=O)N[C@H](C)C1CCCCCC1. The van der Waals surface area contributed by atoms with E-state index in [-0.39, 0.29) is 18.0 Å². The largest absolute Gasteiger partial charge is 0.352 e. The van der Waals surface area contributed by atoms with Crippen LogP contribution >= 0.6 is 11.8 Å². The van der Waals surface area contributed by atoms with E-state index in [1.54, 1.807) is 11.8 Å². The third-order valence-corrected chi connectivity index (χ3v) is 4.59. The van der Waals surface area contributed by atoms with Crippen molar-refractivity contribution in [2.75, 3.05) is 12.0 Å². The van der Waals surface area contributed by atoms with Crippen molar-refractivity contribution in [1.29, 1.82) is 0 Å². The molecular formula is C14H28N2OS. The molecule has 1 amide bonds. The molecular weight excluding hydrogens is 244 g/mol. The Bertz CT molecular complexity index is 240. The second kappa shape index (κ2) is 8.81. The normalized spacial score (nSPS) is 21.1. The Labute approximate surface area is 116 Å². The summed E-state index contributed by atoms with van der Waals surface area (Å²) in [7, 11) is 0. The third-order valence-electron chi connectivity index (χ3n) is 3.95. The van der Waals surface area contributed by atoms with Crippen molar-refractivity contribution in [3.8, 4) is 0 Å². The summed E-state index contributed by atoms with van der Waals surface area (Å²) in [5.41, 5.74) is 5.89. The molecule has 0 spiro atoms. The van der Waals surface area contributed by atoms with Crippen LogP contribution < -0.4 is 11.1 Å². The summed E-state index contributed by atoms with van der Waals surface area (Å²) in [6.45, 7) is 2.13. The van der Waals surface area contributed by atoms with Crippen LogP contribution in [0.15, 0.2) is 0 Å². The predicted octanol–water partition coefficient (Wildman–Crippen LogP) is 2.54. The first-order chi connectivity index (χ1) is 8.65. The van der Waals surface area contributed by atoms with Crippen molar-refractivity contribution in [2.24, 2.45) is 11.7 Å². The molecule has 3 N–H and O–H groups in total. The molecule has 4 heteroatoms. The lowest BCUT2D eigenvalue weighted by Crippen LogP contribution is -2.47. The van der Waals surface area contributed by atoms with Crippen molar-refractivity contribution in [3.05, 3.63) is 0 Å². The second-order valence-corrected chi connectivity index (χ2v) is 6.42. The number of carbonyl (C=O) groups is 1. The molecule has 2 atom stereocenters. The van der Waals surface area contributed by atoms with E-state index in [1.165, 1.54) is 38.5 Å². The van der Waals surface area contributed by atoms with Gasteiger partial charge in [0.1, 0.15) is 0 Å². The highest BCUT2D eigenvalue weighted by Gasteiger charge is 2.22. The molecule has 18 heavy (non-hydrogen) atoms. The maximum atomic E-state index is 11.9. The van der Waals surface area contributed by atoms with Gasteiger partial charge in [0.05, 0.1) is 6.04 Å². The smallest absolute Gasteiger partial charge is 0.237 e. The fourth-order valence-corrected chi connectivity index (χ4v) is 3.13. The van der Waals surface area contributed by atoms with Gasteiger partial charge < -0.3 is 11.1 Å². The molecule has 1 aliphatic carbocycles. The van der Waals surface area contributed by atoms with Gasteiger partial charge in [0.15, 0.2) is 0 Å². The molecule has 0 aromatic heterocycles. The van der Waals surface area contributed by atoms with Crippen LogP contribution in [0.1, 0.15) is 51.9 Å². The van der Waals surface area contributed by atoms with Gasteiger partial charge in [-0.1, -0.05) is 25.7 Å². The molecule has 0 aromatic rings. The molecule has 0 radical (unpaired) electrons. The lowest BCUT2D eigenvalue weighted by molar-refractivity contribution is -0.123. The van der Waals surface area contributed by atoms with Gasteiger partial charge in [-0.05, 0) is 44.1 Å². The number of rotatable bonds is 6. The van der Waals surface area contributed by atoms with Crippen LogP contribution in [0.5, 0.6) is 0 Å². The number of hydrogen-bond donors (Lipinski definition) is 2. The summed E-state index contributed by atoms with van der Waals surface area (Å²) in [4.78, 5) is 11.9. The van der Waals surface area contributed by atoms with Crippen LogP contribution in [-0.2, 0) is 4.79 Å². The van der Waals surface area contributed by atoms with Gasteiger partial charge in [-0.25, -0.2) is 0 Å². The molecule has 1 saturated carbocycles. The minimum Gasteiger partial charge on any atom is -0.352 e. The number of thioether (sulfide) groups is 1. The van der Waals surface area contributed by atoms with E-state index in [4.69, 9.17) is 5.73 Å². The molecule has 106 valence electrons. The molecule has 3 nitrogen and oxygen atoms in total. The summed E-state index contributed by atoms with van der Waals surface area (Å²) < 4.78 is 0. The lowest BCUT2D eigenvalue weighted by Gasteiger charge is -2.25. The van der Waals surface area contributed by atoms with Crippen LogP contribution in [-0.4, -0.2) is 30.0 Å². The van der Waals surface area contributed by atoms with Gasteiger partial charge in [0, 0.05) is 6.04 Å². The molecule has 0 aromatic carbocycles. The van der Waals surface area contributed by atoms with Crippen molar-refractivity contribution < 1.29 is 4.79 Å². The minimum atomic E-state index is -0.342. The van der Waals surface area contributed by atoms with Crippen molar-refractivity contribution in [1.82, 2.24) is 5.32 Å². The molecule has 1 aliphatic rings. The molecule has 0 unspecified atom stereocenters. The summed E-state index contributed by atoms with van der Waals surface area (Å²) in [6.07, 6.45) is 10.6. The molecule has 0 aliphatic heterocycles. The van der Waals surface area contributed by atoms with Crippen LogP contribution in [0.4, 0.5) is 0 Å². The first-order valence-electron chi connectivity index (χ1n) is 7.20. The number of carbonyl (C=O) groups excluding carboxylic acids is 1. The van der Waals surface area contributed by atoms with Crippen LogP contribution in [0.25, 0.3) is 0 Å². The van der Waals surface area contributed by atoms with Crippen molar-refractivity contribution >= 4 is 17.7 Å². The first-order valence-corrected chi connectivity index (χ1v) is 8.59. The van der Waals surface area contributed by atoms with Gasteiger partial charge in [0.25, 0.3) is 0 Å². The fourth-order valence-electron chi connectivity index (χ4n) is 2.64. The van der Waals surface area contributed by atoms with Gasteiger partial charge in [0.2, 0.25) is 5.91 Å². The number of nitrogens with one attached hydrogen (secondary N) is 1. The van der Waals surface area contributed by atoms with Crippen LogP contribution in [0.2, 0.25) is 0 Å². The second-order valence-electron chi connectivity index (χ2n) is 5.44. The monoisotopic (exact) mass is 272 g/mol. The quantitative estimate of drug-likeness (QED) is 0.731. The zero-order valence-electron chi connectivity index (χ0n) is 11.8. The zero-order chi connectivity index (χ0) is 13.4. The van der Waals surface area contributed by atoms with E-state index in [9.17, 15) is 4.79 Å². The summed E-state index contributed by atoms with van der Waals surface area (Å²) >= 11 is 1.74. The number of amides is 1. The Morgan fingerprint density at radius 2 is 1.94 bits per heavy atom. The highest BCUT2D eigenvalue weighted by molar-refractivity contribution is 7.98. The molecule has 1 rings (SSSR count). The van der Waals surface area contributed by atoms with Crippen LogP contribution in [0.3, 0.4) is 0 Å². The third kappa shape index (κ3) is 5.61. The fraction of sp³-hybridized carbons (Fsp3) is 0.929. The summed E-state index contributed by atoms with van der Waals surface area (Å²) in [5, 5.41) is 3.11. The van der Waals surface area contributed by atoms with Crippen molar-refractivity contribution in [2.45, 2.75) is 64.0 Å². The van der Waals surface area contributed by atoms with Gasteiger partial charge in [-0.2, -0.15) is 11.8 Å².